The number of carbonyl (C=O) groups is 1. The van der Waals surface area contributed by atoms with Gasteiger partial charge in [-0.2, -0.15) is 0 Å². The summed E-state index contributed by atoms with van der Waals surface area (Å²) in [7, 11) is 0. The molecule has 0 saturated carbocycles. The smallest absolute Gasteiger partial charge is 0.477 e. The van der Waals surface area contributed by atoms with E-state index in [1.54, 1.807) is 0 Å². The largest absolute Gasteiger partial charge is 0.573 e. The summed E-state index contributed by atoms with van der Waals surface area (Å²) in [5.41, 5.74) is -0.665. The van der Waals surface area contributed by atoms with Crippen LogP contribution in [0.1, 0.15) is 10.4 Å². The molecule has 0 spiro atoms. The van der Waals surface area contributed by atoms with Gasteiger partial charge in [-0.3, -0.25) is 4.98 Å². The van der Waals surface area contributed by atoms with Gasteiger partial charge in [0, 0.05) is 12.4 Å². The van der Waals surface area contributed by atoms with Crippen molar-refractivity contribution in [3.8, 4) is 5.75 Å². The maximum Gasteiger partial charge on any atom is 0.573 e. The molecular formula is C7H3BrF3NO3. The van der Waals surface area contributed by atoms with E-state index >= 15 is 0 Å². The number of aromatic nitrogens is 1. The molecule has 1 rings (SSSR count). The summed E-state index contributed by atoms with van der Waals surface area (Å²) in [6, 6.07) is 0. The molecule has 15 heavy (non-hydrogen) atoms. The summed E-state index contributed by atoms with van der Waals surface area (Å²) in [6.07, 6.45) is -3.17. The molecule has 0 aliphatic heterocycles. The normalized spacial score (nSPS) is 11.2. The minimum absolute atomic E-state index is 0.181. The van der Waals surface area contributed by atoms with Gasteiger partial charge in [0.2, 0.25) is 0 Å². The van der Waals surface area contributed by atoms with E-state index in [2.05, 4.69) is 25.7 Å². The van der Waals surface area contributed by atoms with E-state index in [1.165, 1.54) is 0 Å². The lowest BCUT2D eigenvalue weighted by Gasteiger charge is -2.11. The van der Waals surface area contributed by atoms with Crippen LogP contribution >= 0.6 is 15.9 Å². The van der Waals surface area contributed by atoms with Gasteiger partial charge in [-0.05, 0) is 15.9 Å². The molecule has 1 aromatic heterocycles. The Morgan fingerprint density at radius 3 is 2.53 bits per heavy atom. The van der Waals surface area contributed by atoms with Gasteiger partial charge in [0.25, 0.3) is 0 Å². The number of nitrogens with zero attached hydrogens (tertiary/aromatic N) is 1. The zero-order valence-electron chi connectivity index (χ0n) is 6.88. The van der Waals surface area contributed by atoms with Crippen molar-refractivity contribution < 1.29 is 27.8 Å². The average Bonchev–Trinajstić information content (AvgIpc) is 2.05. The van der Waals surface area contributed by atoms with Crippen molar-refractivity contribution in [3.63, 3.8) is 0 Å². The first-order valence-electron chi connectivity index (χ1n) is 3.44. The summed E-state index contributed by atoms with van der Waals surface area (Å²) in [5, 5.41) is 8.58. The predicted octanol–water partition coefficient (Wildman–Crippen LogP) is 2.44. The monoisotopic (exact) mass is 285 g/mol. The van der Waals surface area contributed by atoms with Gasteiger partial charge in [-0.15, -0.1) is 13.2 Å². The fraction of sp³-hybridized carbons (Fsp3) is 0.143. The highest BCUT2D eigenvalue weighted by atomic mass is 79.9. The van der Waals surface area contributed by atoms with Crippen LogP contribution in [0.25, 0.3) is 0 Å². The number of hydrogen-bond donors (Lipinski definition) is 1. The summed E-state index contributed by atoms with van der Waals surface area (Å²) in [5.74, 6) is -2.37. The van der Waals surface area contributed by atoms with Crippen LogP contribution in [0.2, 0.25) is 0 Å². The summed E-state index contributed by atoms with van der Waals surface area (Å²) >= 11 is 2.72. The van der Waals surface area contributed by atoms with Crippen LogP contribution in [-0.2, 0) is 0 Å². The lowest BCUT2D eigenvalue weighted by Crippen LogP contribution is -2.19. The second-order valence-corrected chi connectivity index (χ2v) is 3.21. The van der Waals surface area contributed by atoms with Crippen molar-refractivity contribution in [1.82, 2.24) is 4.98 Å². The molecule has 8 heteroatoms. The molecule has 0 aliphatic rings. The zero-order valence-corrected chi connectivity index (χ0v) is 8.46. The Bertz CT molecular complexity index is 394. The number of ether oxygens (including phenoxy) is 1. The third kappa shape index (κ3) is 3.08. The van der Waals surface area contributed by atoms with E-state index in [0.717, 1.165) is 12.4 Å². The number of carboxylic acid groups (broad SMARTS) is 1. The van der Waals surface area contributed by atoms with E-state index in [1.807, 2.05) is 0 Å². The van der Waals surface area contributed by atoms with Crippen molar-refractivity contribution in [2.45, 2.75) is 6.36 Å². The highest BCUT2D eigenvalue weighted by Crippen LogP contribution is 2.32. The van der Waals surface area contributed by atoms with Crippen LogP contribution in [0.3, 0.4) is 0 Å². The van der Waals surface area contributed by atoms with Crippen molar-refractivity contribution in [1.29, 1.82) is 0 Å². The molecule has 0 saturated heterocycles. The van der Waals surface area contributed by atoms with Crippen LogP contribution in [0.4, 0.5) is 13.2 Å². The quantitative estimate of drug-likeness (QED) is 0.907. The van der Waals surface area contributed by atoms with Gasteiger partial charge in [0.05, 0.1) is 4.47 Å². The molecule has 1 aromatic rings. The Morgan fingerprint density at radius 1 is 1.47 bits per heavy atom. The number of alkyl halides is 3. The second-order valence-electron chi connectivity index (χ2n) is 2.35. The van der Waals surface area contributed by atoms with Gasteiger partial charge >= 0.3 is 12.3 Å². The summed E-state index contributed by atoms with van der Waals surface area (Å²) < 4.78 is 39.1. The van der Waals surface area contributed by atoms with Gasteiger partial charge in [0.15, 0.2) is 5.75 Å². The molecule has 1 heterocycles. The molecule has 0 radical (unpaired) electrons. The number of pyridine rings is 1. The molecule has 1 N–H and O–H groups in total. The molecule has 0 amide bonds. The van der Waals surface area contributed by atoms with Crippen molar-refractivity contribution in [2.24, 2.45) is 0 Å². The fourth-order valence-electron chi connectivity index (χ4n) is 0.795. The number of rotatable bonds is 2. The fourth-order valence-corrected chi connectivity index (χ4v) is 1.21. The van der Waals surface area contributed by atoms with Crippen molar-refractivity contribution in [2.75, 3.05) is 0 Å². The second kappa shape index (κ2) is 4.05. The van der Waals surface area contributed by atoms with Crippen LogP contribution < -0.4 is 4.74 Å². The molecule has 82 valence electrons. The Balaban J connectivity index is 3.19. The maximum atomic E-state index is 11.9. The number of aromatic carboxylic acids is 1. The highest BCUT2D eigenvalue weighted by molar-refractivity contribution is 9.10. The van der Waals surface area contributed by atoms with Crippen LogP contribution in [0.5, 0.6) is 5.75 Å². The lowest BCUT2D eigenvalue weighted by atomic mass is 10.2. The minimum atomic E-state index is -4.95. The zero-order chi connectivity index (χ0) is 11.6. The highest BCUT2D eigenvalue weighted by Gasteiger charge is 2.34. The van der Waals surface area contributed by atoms with Gasteiger partial charge in [-0.1, -0.05) is 0 Å². The molecular weight excluding hydrogens is 283 g/mol. The molecule has 0 atom stereocenters. The lowest BCUT2D eigenvalue weighted by molar-refractivity contribution is -0.275. The van der Waals surface area contributed by atoms with Crippen LogP contribution in [0, 0.1) is 0 Å². The molecule has 4 nitrogen and oxygen atoms in total. The van der Waals surface area contributed by atoms with Gasteiger partial charge in [-0.25, -0.2) is 4.79 Å². The maximum absolute atomic E-state index is 11.9. The average molecular weight is 286 g/mol. The van der Waals surface area contributed by atoms with Crippen molar-refractivity contribution in [3.05, 3.63) is 22.4 Å². The van der Waals surface area contributed by atoms with Gasteiger partial charge < -0.3 is 9.84 Å². The number of carboxylic acids is 1. The Hall–Kier alpha value is -1.31. The number of hydrogen-bond acceptors (Lipinski definition) is 3. The molecule has 0 aliphatic carbocycles. The van der Waals surface area contributed by atoms with Crippen LogP contribution in [-0.4, -0.2) is 22.4 Å². The van der Waals surface area contributed by atoms with E-state index in [9.17, 15) is 18.0 Å². The Kier molecular flexibility index (Phi) is 3.18. The van der Waals surface area contributed by atoms with Crippen molar-refractivity contribution >= 4 is 21.9 Å². The molecule has 0 fully saturated rings. The standard InChI is InChI=1S/C7H3BrF3NO3/c8-4-2-12-1-3(6(13)14)5(4)15-7(9,10)11/h1-2H,(H,13,14). The molecule has 0 bridgehead atoms. The predicted molar refractivity (Wildman–Crippen MR) is 45.6 cm³/mol. The van der Waals surface area contributed by atoms with E-state index in [-0.39, 0.29) is 4.47 Å². The first kappa shape index (κ1) is 11.8. The SMILES string of the molecule is O=C(O)c1cncc(Br)c1OC(F)(F)F. The van der Waals surface area contributed by atoms with E-state index < -0.39 is 23.6 Å². The topological polar surface area (TPSA) is 59.4 Å². The van der Waals surface area contributed by atoms with E-state index in [0.29, 0.717) is 0 Å². The summed E-state index contributed by atoms with van der Waals surface area (Å²) in [4.78, 5) is 14.0. The third-order valence-corrected chi connectivity index (χ3v) is 1.87. The third-order valence-electron chi connectivity index (χ3n) is 1.30. The number of halogens is 4. The van der Waals surface area contributed by atoms with E-state index in [4.69, 9.17) is 5.11 Å². The minimum Gasteiger partial charge on any atom is -0.477 e. The van der Waals surface area contributed by atoms with Crippen LogP contribution in [0.15, 0.2) is 16.9 Å². The van der Waals surface area contributed by atoms with Gasteiger partial charge in [0.1, 0.15) is 5.56 Å². The Morgan fingerprint density at radius 2 is 2.07 bits per heavy atom. The first-order valence-corrected chi connectivity index (χ1v) is 4.23. The summed E-state index contributed by atoms with van der Waals surface area (Å²) in [6.45, 7) is 0. The molecule has 0 aromatic carbocycles. The first-order chi connectivity index (χ1) is 6.81. The Labute approximate surface area is 89.8 Å². The molecule has 0 unspecified atom stereocenters.